The van der Waals surface area contributed by atoms with Crippen molar-refractivity contribution in [3.05, 3.63) is 46.0 Å². The van der Waals surface area contributed by atoms with Gasteiger partial charge >= 0.3 is 0 Å². The van der Waals surface area contributed by atoms with Gasteiger partial charge in [0.05, 0.1) is 36.5 Å². The second kappa shape index (κ2) is 7.46. The number of methoxy groups -OCH3 is 3. The highest BCUT2D eigenvalue weighted by molar-refractivity contribution is 7.22. The van der Waals surface area contributed by atoms with Crippen LogP contribution in [0.25, 0.3) is 10.2 Å². The lowest BCUT2D eigenvalue weighted by Gasteiger charge is -2.13. The third-order valence-electron chi connectivity index (χ3n) is 3.73. The number of nitro benzene ring substituents is 1. The van der Waals surface area contributed by atoms with Crippen LogP contribution >= 0.6 is 11.3 Å². The number of nitrogens with one attached hydrogen (secondary N) is 1. The highest BCUT2D eigenvalue weighted by Gasteiger charge is 2.18. The Morgan fingerprint density at radius 1 is 1.11 bits per heavy atom. The Labute approximate surface area is 157 Å². The Morgan fingerprint density at radius 3 is 2.33 bits per heavy atom. The van der Waals surface area contributed by atoms with E-state index in [1.54, 1.807) is 6.07 Å². The summed E-state index contributed by atoms with van der Waals surface area (Å²) < 4.78 is 16.3. The Hall–Kier alpha value is -3.40. The Balaban J connectivity index is 1.91. The van der Waals surface area contributed by atoms with Crippen molar-refractivity contribution in [1.82, 2.24) is 4.98 Å². The number of hydrogen-bond donors (Lipinski definition) is 1. The SMILES string of the molecule is COc1cc(C(=O)Nc2nc3ccc([N+](=O)[O-])cc3s2)cc(OC)c1OC. The van der Waals surface area contributed by atoms with Crippen LogP contribution < -0.4 is 19.5 Å². The number of fused-ring (bicyclic) bond motifs is 1. The number of nitrogens with zero attached hydrogens (tertiary/aromatic N) is 2. The van der Waals surface area contributed by atoms with E-state index in [1.807, 2.05) is 0 Å². The molecular weight excluding hydrogens is 374 g/mol. The number of carbonyl (C=O) groups excluding carboxylic acids is 1. The molecule has 0 bridgehead atoms. The van der Waals surface area contributed by atoms with Crippen LogP contribution in [-0.2, 0) is 0 Å². The van der Waals surface area contributed by atoms with Crippen LogP contribution in [0.15, 0.2) is 30.3 Å². The molecule has 1 heterocycles. The van der Waals surface area contributed by atoms with Gasteiger partial charge in [-0.15, -0.1) is 0 Å². The first-order chi connectivity index (χ1) is 13.0. The van der Waals surface area contributed by atoms with Gasteiger partial charge in [0.1, 0.15) is 0 Å². The highest BCUT2D eigenvalue weighted by Crippen LogP contribution is 2.38. The molecule has 0 saturated carbocycles. The van der Waals surface area contributed by atoms with Gasteiger partial charge in [-0.2, -0.15) is 0 Å². The summed E-state index contributed by atoms with van der Waals surface area (Å²) in [4.78, 5) is 27.3. The smallest absolute Gasteiger partial charge is 0.270 e. The lowest BCUT2D eigenvalue weighted by molar-refractivity contribution is -0.384. The largest absolute Gasteiger partial charge is 0.493 e. The number of nitro groups is 1. The van der Waals surface area contributed by atoms with Crippen LogP contribution in [0.5, 0.6) is 17.2 Å². The summed E-state index contributed by atoms with van der Waals surface area (Å²) in [6, 6.07) is 7.37. The molecule has 0 radical (unpaired) electrons. The summed E-state index contributed by atoms with van der Waals surface area (Å²) in [5.41, 5.74) is 0.814. The Kier molecular flexibility index (Phi) is 5.08. The number of amides is 1. The first-order valence-electron chi connectivity index (χ1n) is 7.63. The number of thiazole rings is 1. The van der Waals surface area contributed by atoms with E-state index in [0.29, 0.717) is 32.6 Å². The van der Waals surface area contributed by atoms with Gasteiger partial charge in [0.25, 0.3) is 11.6 Å². The number of rotatable bonds is 6. The van der Waals surface area contributed by atoms with Crippen LogP contribution in [0.1, 0.15) is 10.4 Å². The maximum absolute atomic E-state index is 12.6. The van der Waals surface area contributed by atoms with Gasteiger partial charge in [-0.3, -0.25) is 20.2 Å². The van der Waals surface area contributed by atoms with E-state index in [1.165, 1.54) is 45.6 Å². The topological polar surface area (TPSA) is 113 Å². The van der Waals surface area contributed by atoms with Crippen molar-refractivity contribution < 1.29 is 23.9 Å². The van der Waals surface area contributed by atoms with Gasteiger partial charge in [0.15, 0.2) is 16.6 Å². The molecule has 9 nitrogen and oxygen atoms in total. The number of hydrogen-bond acceptors (Lipinski definition) is 8. The molecule has 3 rings (SSSR count). The van der Waals surface area contributed by atoms with Gasteiger partial charge in [-0.05, 0) is 18.2 Å². The molecule has 0 unspecified atom stereocenters. The van der Waals surface area contributed by atoms with Gasteiger partial charge in [-0.25, -0.2) is 4.98 Å². The monoisotopic (exact) mass is 389 g/mol. The van der Waals surface area contributed by atoms with Crippen LogP contribution in [0.2, 0.25) is 0 Å². The van der Waals surface area contributed by atoms with Crippen molar-refractivity contribution in [3.63, 3.8) is 0 Å². The van der Waals surface area contributed by atoms with Gasteiger partial charge in [0.2, 0.25) is 5.75 Å². The number of anilines is 1. The third kappa shape index (κ3) is 3.60. The van der Waals surface area contributed by atoms with Gasteiger partial charge < -0.3 is 14.2 Å². The first-order valence-corrected chi connectivity index (χ1v) is 8.44. The number of benzene rings is 2. The minimum Gasteiger partial charge on any atom is -0.493 e. The lowest BCUT2D eigenvalue weighted by Crippen LogP contribution is -2.12. The van der Waals surface area contributed by atoms with E-state index in [9.17, 15) is 14.9 Å². The minimum atomic E-state index is -0.479. The molecule has 3 aromatic rings. The molecule has 1 aromatic heterocycles. The van der Waals surface area contributed by atoms with E-state index < -0.39 is 10.8 Å². The van der Waals surface area contributed by atoms with Crippen molar-refractivity contribution in [2.75, 3.05) is 26.6 Å². The van der Waals surface area contributed by atoms with E-state index in [-0.39, 0.29) is 11.3 Å². The highest BCUT2D eigenvalue weighted by atomic mass is 32.1. The van der Waals surface area contributed by atoms with Gasteiger partial charge in [-0.1, -0.05) is 11.3 Å². The van der Waals surface area contributed by atoms with Crippen LogP contribution in [-0.4, -0.2) is 37.1 Å². The van der Waals surface area contributed by atoms with E-state index in [4.69, 9.17) is 14.2 Å². The zero-order valence-corrected chi connectivity index (χ0v) is 15.5. The molecule has 0 saturated heterocycles. The van der Waals surface area contributed by atoms with Crippen molar-refractivity contribution in [2.45, 2.75) is 0 Å². The average molecular weight is 389 g/mol. The third-order valence-corrected chi connectivity index (χ3v) is 4.66. The summed E-state index contributed by atoms with van der Waals surface area (Å²) in [5, 5.41) is 13.9. The molecule has 1 amide bonds. The summed E-state index contributed by atoms with van der Waals surface area (Å²) in [5.74, 6) is 0.649. The summed E-state index contributed by atoms with van der Waals surface area (Å²) >= 11 is 1.14. The molecule has 0 fully saturated rings. The fraction of sp³-hybridized carbons (Fsp3) is 0.176. The molecule has 0 aliphatic rings. The summed E-state index contributed by atoms with van der Waals surface area (Å²) in [6.07, 6.45) is 0. The standard InChI is InChI=1S/C17H15N3O6S/c1-24-12-6-9(7-13(25-2)15(12)26-3)16(21)19-17-18-11-5-4-10(20(22)23)8-14(11)27-17/h4-8H,1-3H3,(H,18,19,21). The number of carbonyl (C=O) groups is 1. The van der Waals surface area contributed by atoms with Crippen molar-refractivity contribution in [3.8, 4) is 17.2 Å². The zero-order chi connectivity index (χ0) is 19.6. The number of ether oxygens (including phenoxy) is 3. The maximum atomic E-state index is 12.6. The van der Waals surface area contributed by atoms with E-state index in [2.05, 4.69) is 10.3 Å². The first kappa shape index (κ1) is 18.4. The quantitative estimate of drug-likeness (QED) is 0.507. The summed E-state index contributed by atoms with van der Waals surface area (Å²) in [6.45, 7) is 0. The maximum Gasteiger partial charge on any atom is 0.270 e. The molecular formula is C17H15N3O6S. The Morgan fingerprint density at radius 2 is 1.78 bits per heavy atom. The normalized spacial score (nSPS) is 10.5. The van der Waals surface area contributed by atoms with Crippen LogP contribution in [0.3, 0.4) is 0 Å². The fourth-order valence-corrected chi connectivity index (χ4v) is 3.36. The van der Waals surface area contributed by atoms with Crippen LogP contribution in [0.4, 0.5) is 10.8 Å². The molecule has 0 spiro atoms. The molecule has 27 heavy (non-hydrogen) atoms. The molecule has 0 atom stereocenters. The average Bonchev–Trinajstić information content (AvgIpc) is 3.07. The van der Waals surface area contributed by atoms with Crippen molar-refractivity contribution in [1.29, 1.82) is 0 Å². The van der Waals surface area contributed by atoms with Crippen molar-refractivity contribution >= 4 is 38.3 Å². The van der Waals surface area contributed by atoms with Crippen molar-refractivity contribution in [2.24, 2.45) is 0 Å². The zero-order valence-electron chi connectivity index (χ0n) is 14.6. The second-order valence-corrected chi connectivity index (χ2v) is 6.33. The molecule has 2 aromatic carbocycles. The van der Waals surface area contributed by atoms with Crippen LogP contribution in [0, 0.1) is 10.1 Å². The molecule has 1 N–H and O–H groups in total. The lowest BCUT2D eigenvalue weighted by atomic mass is 10.1. The second-order valence-electron chi connectivity index (χ2n) is 5.30. The fourth-order valence-electron chi connectivity index (χ4n) is 2.46. The molecule has 140 valence electrons. The van der Waals surface area contributed by atoms with E-state index in [0.717, 1.165) is 11.3 Å². The molecule has 0 aliphatic carbocycles. The number of aromatic nitrogens is 1. The predicted molar refractivity (Wildman–Crippen MR) is 100 cm³/mol. The summed E-state index contributed by atoms with van der Waals surface area (Å²) in [7, 11) is 4.39. The molecule has 10 heteroatoms. The minimum absolute atomic E-state index is 0.0337. The van der Waals surface area contributed by atoms with E-state index >= 15 is 0 Å². The predicted octanol–water partition coefficient (Wildman–Crippen LogP) is 3.48. The Bertz CT molecular complexity index is 1010. The van der Waals surface area contributed by atoms with Gasteiger partial charge in [0, 0.05) is 17.7 Å². The molecule has 0 aliphatic heterocycles. The number of non-ortho nitro benzene ring substituents is 1.